The average Bonchev–Trinajstić information content (AvgIpc) is 3.22. The molecule has 164 valence electrons. The van der Waals surface area contributed by atoms with E-state index in [1.807, 2.05) is 6.07 Å². The van der Waals surface area contributed by atoms with E-state index in [9.17, 15) is 0 Å². The second kappa shape index (κ2) is 10.7. The Morgan fingerprint density at radius 1 is 0.935 bits per heavy atom. The molecule has 4 rings (SSSR count). The summed E-state index contributed by atoms with van der Waals surface area (Å²) in [5.74, 6) is 1.76. The van der Waals surface area contributed by atoms with E-state index in [2.05, 4.69) is 77.2 Å². The van der Waals surface area contributed by atoms with Gasteiger partial charge in [0, 0.05) is 38.1 Å². The topological polar surface area (TPSA) is 17.4 Å². The fourth-order valence-corrected chi connectivity index (χ4v) is 4.90. The number of aromatic nitrogens is 1. The lowest BCUT2D eigenvalue weighted by atomic mass is 9.89. The maximum atomic E-state index is 5.47. The van der Waals surface area contributed by atoms with Crippen molar-refractivity contribution < 1.29 is 4.74 Å². The summed E-state index contributed by atoms with van der Waals surface area (Å²) >= 11 is 0. The van der Waals surface area contributed by atoms with Crippen LogP contribution in [0.4, 0.5) is 0 Å². The minimum Gasteiger partial charge on any atom is -0.497 e. The molecular formula is C28H36N2O. The normalized spacial score (nSPS) is 14.8. The van der Waals surface area contributed by atoms with Crippen LogP contribution in [0.25, 0.3) is 0 Å². The van der Waals surface area contributed by atoms with Gasteiger partial charge in [0.2, 0.25) is 0 Å². The third-order valence-electron chi connectivity index (χ3n) is 6.69. The maximum absolute atomic E-state index is 5.47. The number of ether oxygens (including phenoxy) is 1. The first-order chi connectivity index (χ1) is 15.2. The molecule has 3 nitrogen and oxygen atoms in total. The molecule has 0 N–H and O–H groups in total. The minimum absolute atomic E-state index is 0.819. The monoisotopic (exact) mass is 416 g/mol. The highest BCUT2D eigenvalue weighted by molar-refractivity contribution is 5.29. The third-order valence-corrected chi connectivity index (χ3v) is 6.69. The Morgan fingerprint density at radius 3 is 2.58 bits per heavy atom. The largest absolute Gasteiger partial charge is 0.497 e. The molecule has 0 aliphatic heterocycles. The number of nitrogens with zero attached hydrogens (tertiary/aromatic N) is 2. The van der Waals surface area contributed by atoms with Gasteiger partial charge in [-0.2, -0.15) is 0 Å². The van der Waals surface area contributed by atoms with Crippen molar-refractivity contribution in [2.75, 3.05) is 13.7 Å². The van der Waals surface area contributed by atoms with Gasteiger partial charge >= 0.3 is 0 Å². The molecule has 1 aliphatic carbocycles. The lowest BCUT2D eigenvalue weighted by molar-refractivity contribution is 0.183. The van der Waals surface area contributed by atoms with Crippen molar-refractivity contribution in [3.63, 3.8) is 0 Å². The van der Waals surface area contributed by atoms with Gasteiger partial charge in [-0.25, -0.2) is 0 Å². The van der Waals surface area contributed by atoms with Crippen molar-refractivity contribution >= 4 is 0 Å². The van der Waals surface area contributed by atoms with Crippen LogP contribution in [0.5, 0.6) is 5.75 Å². The van der Waals surface area contributed by atoms with E-state index < -0.39 is 0 Å². The minimum atomic E-state index is 0.819. The molecule has 3 heteroatoms. The van der Waals surface area contributed by atoms with E-state index in [0.29, 0.717) is 0 Å². The molecule has 0 radical (unpaired) electrons. The highest BCUT2D eigenvalue weighted by Crippen LogP contribution is 2.26. The van der Waals surface area contributed by atoms with Gasteiger partial charge in [-0.05, 0) is 66.6 Å². The Hall–Kier alpha value is -2.52. The van der Waals surface area contributed by atoms with Crippen molar-refractivity contribution in [3.8, 4) is 5.75 Å². The summed E-state index contributed by atoms with van der Waals surface area (Å²) in [5.41, 5.74) is 5.47. The van der Waals surface area contributed by atoms with E-state index in [4.69, 9.17) is 4.74 Å². The molecule has 1 aromatic heterocycles. The van der Waals surface area contributed by atoms with E-state index in [0.717, 1.165) is 31.3 Å². The van der Waals surface area contributed by atoms with Gasteiger partial charge in [0.05, 0.1) is 7.11 Å². The SMILES string of the molecule is COc1cccc(CN(Cc2cccn2Cc2ccccc2C)CC2CCCCC2)c1. The molecule has 0 bridgehead atoms. The number of methoxy groups -OCH3 is 1. The second-order valence-electron chi connectivity index (χ2n) is 9.08. The molecule has 0 atom stereocenters. The Balaban J connectivity index is 1.51. The summed E-state index contributed by atoms with van der Waals surface area (Å²) in [7, 11) is 1.75. The van der Waals surface area contributed by atoms with Crippen LogP contribution < -0.4 is 4.74 Å². The molecule has 3 aromatic rings. The van der Waals surface area contributed by atoms with Crippen LogP contribution in [0.15, 0.2) is 66.9 Å². The standard InChI is InChI=1S/C28H36N2O/c1-23-10-6-7-14-26(23)21-30-17-9-15-27(30)22-29(19-24-11-4-3-5-12-24)20-25-13-8-16-28(18-25)31-2/h6-10,13-18,24H,3-5,11-12,19-22H2,1-2H3. The first-order valence-electron chi connectivity index (χ1n) is 11.7. The number of aryl methyl sites for hydroxylation is 1. The van der Waals surface area contributed by atoms with Crippen LogP contribution in [0.2, 0.25) is 0 Å². The number of benzene rings is 2. The van der Waals surface area contributed by atoms with Crippen molar-refractivity contribution in [2.24, 2.45) is 5.92 Å². The Morgan fingerprint density at radius 2 is 1.77 bits per heavy atom. The Labute approximate surface area is 187 Å². The summed E-state index contributed by atoms with van der Waals surface area (Å²) in [6, 6.07) is 21.7. The third kappa shape index (κ3) is 6.01. The maximum Gasteiger partial charge on any atom is 0.119 e. The van der Waals surface area contributed by atoms with Gasteiger partial charge in [-0.1, -0.05) is 55.7 Å². The molecule has 0 unspecified atom stereocenters. The average molecular weight is 417 g/mol. The van der Waals surface area contributed by atoms with Crippen molar-refractivity contribution in [2.45, 2.75) is 58.7 Å². The number of hydrogen-bond donors (Lipinski definition) is 0. The van der Waals surface area contributed by atoms with Gasteiger partial charge in [-0.3, -0.25) is 4.90 Å². The van der Waals surface area contributed by atoms with Crippen molar-refractivity contribution in [1.82, 2.24) is 9.47 Å². The molecule has 2 aromatic carbocycles. The first kappa shape index (κ1) is 21.7. The molecular weight excluding hydrogens is 380 g/mol. The van der Waals surface area contributed by atoms with Crippen LogP contribution >= 0.6 is 0 Å². The fraction of sp³-hybridized carbons (Fsp3) is 0.429. The van der Waals surface area contributed by atoms with Gasteiger partial charge in [-0.15, -0.1) is 0 Å². The van der Waals surface area contributed by atoms with Gasteiger partial charge < -0.3 is 9.30 Å². The summed E-state index contributed by atoms with van der Waals surface area (Å²) in [5, 5.41) is 0. The molecule has 31 heavy (non-hydrogen) atoms. The molecule has 0 spiro atoms. The van der Waals surface area contributed by atoms with E-state index in [-0.39, 0.29) is 0 Å². The lowest BCUT2D eigenvalue weighted by Crippen LogP contribution is -2.30. The summed E-state index contributed by atoms with van der Waals surface area (Å²) < 4.78 is 7.88. The van der Waals surface area contributed by atoms with Gasteiger partial charge in [0.15, 0.2) is 0 Å². The van der Waals surface area contributed by atoms with E-state index in [1.54, 1.807) is 7.11 Å². The zero-order valence-electron chi connectivity index (χ0n) is 19.1. The van der Waals surface area contributed by atoms with Gasteiger partial charge in [0.25, 0.3) is 0 Å². The fourth-order valence-electron chi connectivity index (χ4n) is 4.90. The molecule has 1 saturated carbocycles. The Bertz CT molecular complexity index is 955. The Kier molecular flexibility index (Phi) is 7.48. The predicted molar refractivity (Wildman–Crippen MR) is 128 cm³/mol. The molecule has 1 heterocycles. The summed E-state index contributed by atoms with van der Waals surface area (Å²) in [6.45, 7) is 6.25. The predicted octanol–water partition coefficient (Wildman–Crippen LogP) is 6.44. The smallest absolute Gasteiger partial charge is 0.119 e. The van der Waals surface area contributed by atoms with Crippen LogP contribution in [-0.4, -0.2) is 23.1 Å². The van der Waals surface area contributed by atoms with E-state index in [1.165, 1.54) is 61.0 Å². The number of rotatable bonds is 9. The van der Waals surface area contributed by atoms with Crippen LogP contribution in [0, 0.1) is 12.8 Å². The molecule has 1 fully saturated rings. The second-order valence-corrected chi connectivity index (χ2v) is 9.08. The van der Waals surface area contributed by atoms with Crippen LogP contribution in [-0.2, 0) is 19.6 Å². The zero-order valence-corrected chi connectivity index (χ0v) is 19.1. The zero-order chi connectivity index (χ0) is 21.5. The van der Waals surface area contributed by atoms with E-state index >= 15 is 0 Å². The molecule has 0 saturated heterocycles. The molecule has 1 aliphatic rings. The van der Waals surface area contributed by atoms with Crippen molar-refractivity contribution in [3.05, 3.63) is 89.2 Å². The summed E-state index contributed by atoms with van der Waals surface area (Å²) in [6.07, 6.45) is 9.16. The highest BCUT2D eigenvalue weighted by Gasteiger charge is 2.19. The van der Waals surface area contributed by atoms with Crippen LogP contribution in [0.3, 0.4) is 0 Å². The highest BCUT2D eigenvalue weighted by atomic mass is 16.5. The summed E-state index contributed by atoms with van der Waals surface area (Å²) in [4.78, 5) is 2.65. The van der Waals surface area contributed by atoms with Gasteiger partial charge in [0.1, 0.15) is 5.75 Å². The lowest BCUT2D eigenvalue weighted by Gasteiger charge is -2.30. The van der Waals surface area contributed by atoms with Crippen LogP contribution in [0.1, 0.15) is 54.5 Å². The number of hydrogen-bond acceptors (Lipinski definition) is 2. The quantitative estimate of drug-likeness (QED) is 0.399. The first-order valence-corrected chi connectivity index (χ1v) is 11.7. The van der Waals surface area contributed by atoms with Crippen molar-refractivity contribution in [1.29, 1.82) is 0 Å². The molecule has 0 amide bonds.